The van der Waals surface area contributed by atoms with Gasteiger partial charge in [0.2, 0.25) is 0 Å². The van der Waals surface area contributed by atoms with Crippen LogP contribution in [0.4, 0.5) is 0 Å². The van der Waals surface area contributed by atoms with Crippen molar-refractivity contribution in [3.63, 3.8) is 0 Å². The van der Waals surface area contributed by atoms with E-state index in [1.54, 1.807) is 0 Å². The third kappa shape index (κ3) is 9.16. The molecule has 11 heavy (non-hydrogen) atoms. The Hall–Kier alpha value is -0.840. The molecule has 0 rings (SSSR count). The van der Waals surface area contributed by atoms with Crippen molar-refractivity contribution in [3.8, 4) is 0 Å². The smallest absolute Gasteiger partial charge is 0.328 e. The Kier molecular flexibility index (Phi) is 3.81. The molecule has 0 saturated carbocycles. The van der Waals surface area contributed by atoms with Gasteiger partial charge in [-0.05, 0) is 0 Å². The molecular formula is C6H11NO3S. The molecule has 0 aromatic heterocycles. The lowest BCUT2D eigenvalue weighted by Gasteiger charge is -1.89. The van der Waals surface area contributed by atoms with E-state index >= 15 is 0 Å². The predicted octanol–water partition coefficient (Wildman–Crippen LogP) is 0.355. The number of carbonyl (C=O) groups is 1. The van der Waals surface area contributed by atoms with Crippen LogP contribution in [0.15, 0.2) is 16.5 Å². The van der Waals surface area contributed by atoms with E-state index in [4.69, 9.17) is 5.11 Å². The van der Waals surface area contributed by atoms with E-state index in [9.17, 15) is 9.00 Å². The third-order valence-electron chi connectivity index (χ3n) is 0.751. The van der Waals surface area contributed by atoms with Gasteiger partial charge in [-0.1, -0.05) is 6.08 Å². The number of carboxylic acids is 1. The van der Waals surface area contributed by atoms with Crippen molar-refractivity contribution >= 4 is 15.7 Å². The van der Waals surface area contributed by atoms with Crippen LogP contribution in [0.3, 0.4) is 0 Å². The Morgan fingerprint density at radius 1 is 1.64 bits per heavy atom. The summed E-state index contributed by atoms with van der Waals surface area (Å²) in [6.45, 7) is 0.193. The fourth-order valence-corrected chi connectivity index (χ4v) is 0.821. The second-order valence-electron chi connectivity index (χ2n) is 2.23. The van der Waals surface area contributed by atoms with Crippen LogP contribution in [0.5, 0.6) is 0 Å². The summed E-state index contributed by atoms with van der Waals surface area (Å²) in [6, 6.07) is 0. The Labute approximate surface area is 66.1 Å². The Balaban J connectivity index is 3.94. The predicted molar refractivity (Wildman–Crippen MR) is 44.1 cm³/mol. The van der Waals surface area contributed by atoms with Crippen molar-refractivity contribution in [3.05, 3.63) is 12.2 Å². The van der Waals surface area contributed by atoms with Gasteiger partial charge in [-0.2, -0.15) is 0 Å². The van der Waals surface area contributed by atoms with Crippen LogP contribution in [0.1, 0.15) is 0 Å². The molecular weight excluding hydrogens is 166 g/mol. The second-order valence-corrected chi connectivity index (χ2v) is 4.85. The second kappa shape index (κ2) is 4.12. The summed E-state index contributed by atoms with van der Waals surface area (Å²) in [5.74, 6) is -1.01. The first kappa shape index (κ1) is 10.2. The Morgan fingerprint density at radius 3 is 2.55 bits per heavy atom. The van der Waals surface area contributed by atoms with Gasteiger partial charge in [-0.25, -0.2) is 9.16 Å². The van der Waals surface area contributed by atoms with Crippen molar-refractivity contribution in [2.75, 3.05) is 19.1 Å². The fraction of sp³-hybridized carbons (Fsp3) is 0.500. The standard InChI is InChI=1S/C6H11NO3S/c1-11(2,10)7-5-3-4-6(8)9/h3-4H,5H2,1-2H3,(H,8,9)/b4-3+. The van der Waals surface area contributed by atoms with Gasteiger partial charge in [0.05, 0.1) is 6.54 Å². The maximum absolute atomic E-state index is 10.9. The maximum Gasteiger partial charge on any atom is 0.328 e. The molecule has 0 aromatic carbocycles. The first-order chi connectivity index (χ1) is 4.92. The monoisotopic (exact) mass is 177 g/mol. The molecule has 0 aliphatic heterocycles. The maximum atomic E-state index is 10.9. The van der Waals surface area contributed by atoms with E-state index in [0.717, 1.165) is 6.08 Å². The minimum atomic E-state index is -2.09. The van der Waals surface area contributed by atoms with Crippen molar-refractivity contribution in [2.24, 2.45) is 4.36 Å². The van der Waals surface area contributed by atoms with Crippen LogP contribution in [0.25, 0.3) is 0 Å². The molecule has 0 aliphatic carbocycles. The summed E-state index contributed by atoms with van der Waals surface area (Å²) < 4.78 is 14.6. The summed E-state index contributed by atoms with van der Waals surface area (Å²) in [5.41, 5.74) is 0. The summed E-state index contributed by atoms with van der Waals surface area (Å²) in [4.78, 5) is 9.92. The SMILES string of the molecule is CS(C)(=O)=NC/C=C/C(=O)O. The van der Waals surface area contributed by atoms with Gasteiger partial charge in [0, 0.05) is 28.3 Å². The van der Waals surface area contributed by atoms with E-state index in [0.29, 0.717) is 0 Å². The highest BCUT2D eigenvalue weighted by atomic mass is 32.2. The van der Waals surface area contributed by atoms with E-state index in [2.05, 4.69) is 4.36 Å². The molecule has 0 aromatic rings. The van der Waals surface area contributed by atoms with E-state index in [1.807, 2.05) is 0 Å². The minimum Gasteiger partial charge on any atom is -0.478 e. The Morgan fingerprint density at radius 2 is 2.18 bits per heavy atom. The lowest BCUT2D eigenvalue weighted by molar-refractivity contribution is -0.131. The molecule has 0 unspecified atom stereocenters. The number of rotatable bonds is 3. The van der Waals surface area contributed by atoms with Gasteiger partial charge in [-0.3, -0.25) is 4.21 Å². The molecule has 0 fully saturated rings. The van der Waals surface area contributed by atoms with Crippen molar-refractivity contribution in [2.45, 2.75) is 0 Å². The summed E-state index contributed by atoms with van der Waals surface area (Å²) >= 11 is 0. The highest BCUT2D eigenvalue weighted by Gasteiger charge is 1.86. The highest BCUT2D eigenvalue weighted by Crippen LogP contribution is 1.84. The first-order valence-electron chi connectivity index (χ1n) is 2.94. The lowest BCUT2D eigenvalue weighted by atomic mass is 10.5. The van der Waals surface area contributed by atoms with Crippen LogP contribution in [0.2, 0.25) is 0 Å². The third-order valence-corrected chi connectivity index (χ3v) is 1.52. The van der Waals surface area contributed by atoms with Gasteiger partial charge in [0.1, 0.15) is 0 Å². The summed E-state index contributed by atoms with van der Waals surface area (Å²) in [6.07, 6.45) is 5.34. The number of nitrogens with zero attached hydrogens (tertiary/aromatic N) is 1. The number of hydrogen-bond acceptors (Lipinski definition) is 3. The molecule has 1 N–H and O–H groups in total. The average molecular weight is 177 g/mol. The molecule has 0 aliphatic rings. The Bertz CT molecular complexity index is 266. The fourth-order valence-electron chi connectivity index (χ4n) is 0.376. The molecule has 0 saturated heterocycles. The minimum absolute atomic E-state index is 0.193. The molecule has 0 heterocycles. The molecule has 0 spiro atoms. The topological polar surface area (TPSA) is 66.7 Å². The van der Waals surface area contributed by atoms with Crippen LogP contribution < -0.4 is 0 Å². The zero-order valence-electron chi connectivity index (χ0n) is 6.48. The lowest BCUT2D eigenvalue weighted by Crippen LogP contribution is -1.92. The molecule has 4 nitrogen and oxygen atoms in total. The first-order valence-corrected chi connectivity index (χ1v) is 5.27. The molecule has 0 amide bonds. The molecule has 5 heteroatoms. The average Bonchev–Trinajstić information content (AvgIpc) is 1.78. The molecule has 64 valence electrons. The number of hydrogen-bond donors (Lipinski definition) is 1. The van der Waals surface area contributed by atoms with Gasteiger partial charge >= 0.3 is 5.97 Å². The van der Waals surface area contributed by atoms with Crippen molar-refractivity contribution < 1.29 is 14.1 Å². The van der Waals surface area contributed by atoms with Gasteiger partial charge in [0.15, 0.2) is 0 Å². The van der Waals surface area contributed by atoms with Crippen LogP contribution in [0, 0.1) is 0 Å². The van der Waals surface area contributed by atoms with Crippen molar-refractivity contribution in [1.29, 1.82) is 0 Å². The van der Waals surface area contributed by atoms with Gasteiger partial charge in [0.25, 0.3) is 0 Å². The van der Waals surface area contributed by atoms with E-state index in [1.165, 1.54) is 18.6 Å². The number of carboxylic acid groups (broad SMARTS) is 1. The normalized spacial score (nSPS) is 11.8. The van der Waals surface area contributed by atoms with Gasteiger partial charge in [-0.15, -0.1) is 0 Å². The molecule has 0 atom stereocenters. The van der Waals surface area contributed by atoms with Crippen LogP contribution in [-0.2, 0) is 14.5 Å². The summed E-state index contributed by atoms with van der Waals surface area (Å²) in [5, 5.41) is 8.14. The van der Waals surface area contributed by atoms with Crippen molar-refractivity contribution in [1.82, 2.24) is 0 Å². The van der Waals surface area contributed by atoms with E-state index < -0.39 is 15.7 Å². The van der Waals surface area contributed by atoms with Crippen LogP contribution in [-0.4, -0.2) is 34.3 Å². The zero-order chi connectivity index (χ0) is 8.91. The number of aliphatic carboxylic acids is 1. The van der Waals surface area contributed by atoms with Crippen LogP contribution >= 0.6 is 0 Å². The molecule has 0 bridgehead atoms. The quantitative estimate of drug-likeness (QED) is 0.633. The summed E-state index contributed by atoms with van der Waals surface area (Å²) in [7, 11) is -2.09. The molecule has 0 radical (unpaired) electrons. The largest absolute Gasteiger partial charge is 0.478 e. The van der Waals surface area contributed by atoms with Gasteiger partial charge < -0.3 is 5.11 Å². The highest BCUT2D eigenvalue weighted by molar-refractivity contribution is 7.92. The zero-order valence-corrected chi connectivity index (χ0v) is 7.30. The van der Waals surface area contributed by atoms with E-state index in [-0.39, 0.29) is 6.54 Å².